The summed E-state index contributed by atoms with van der Waals surface area (Å²) in [6.07, 6.45) is 0. The maximum Gasteiger partial charge on any atom is 0.336 e. The number of aliphatic hydroxyl groups is 1. The van der Waals surface area contributed by atoms with Crippen molar-refractivity contribution in [3.05, 3.63) is 75.4 Å². The van der Waals surface area contributed by atoms with E-state index in [4.69, 9.17) is 5.11 Å². The number of hydrogen-bond acceptors (Lipinski definition) is 4. The first kappa shape index (κ1) is 17.8. The highest BCUT2D eigenvalue weighted by atomic mass is 16.3. The summed E-state index contributed by atoms with van der Waals surface area (Å²) in [5, 5.41) is 13.7. The third-order valence-electron chi connectivity index (χ3n) is 5.76. The molecule has 0 unspecified atom stereocenters. The fourth-order valence-corrected chi connectivity index (χ4v) is 4.31. The lowest BCUT2D eigenvalue weighted by atomic mass is 10.0. The highest BCUT2D eigenvalue weighted by Gasteiger charge is 2.19. The molecule has 1 N–H and O–H groups in total. The standard InChI is InChI=1S/C23H21N3O3/c1-24(13-14-27)11-12-25-22(28)18-8-4-7-17-20-16-6-3-2-5-15(16)9-10-19(20)26(21(17)18)23(25)29/h2-10,27H,11-14H2,1H3. The van der Waals surface area contributed by atoms with Crippen LogP contribution < -0.4 is 11.2 Å². The Kier molecular flexibility index (Phi) is 4.12. The molecule has 0 bridgehead atoms. The van der Waals surface area contributed by atoms with Gasteiger partial charge in [-0.2, -0.15) is 0 Å². The second-order valence-electron chi connectivity index (χ2n) is 7.48. The van der Waals surface area contributed by atoms with Crippen LogP contribution in [0.5, 0.6) is 0 Å². The molecule has 0 atom stereocenters. The minimum absolute atomic E-state index is 0.0389. The van der Waals surface area contributed by atoms with Crippen LogP contribution in [0.3, 0.4) is 0 Å². The Bertz CT molecular complexity index is 1480. The van der Waals surface area contributed by atoms with Gasteiger partial charge >= 0.3 is 5.69 Å². The van der Waals surface area contributed by atoms with Crippen molar-refractivity contribution in [3.8, 4) is 0 Å². The van der Waals surface area contributed by atoms with Gasteiger partial charge in [0.15, 0.2) is 0 Å². The smallest absolute Gasteiger partial charge is 0.336 e. The number of fused-ring (bicyclic) bond motifs is 5. The summed E-state index contributed by atoms with van der Waals surface area (Å²) < 4.78 is 2.99. The van der Waals surface area contributed by atoms with Gasteiger partial charge in [0.1, 0.15) is 0 Å². The third kappa shape index (κ3) is 2.57. The molecule has 0 saturated heterocycles. The number of benzene rings is 3. The lowest BCUT2D eigenvalue weighted by Crippen LogP contribution is -2.40. The number of aliphatic hydroxyl groups excluding tert-OH is 1. The Morgan fingerprint density at radius 2 is 1.66 bits per heavy atom. The summed E-state index contributed by atoms with van der Waals surface area (Å²) in [6.45, 7) is 1.31. The molecule has 5 aromatic rings. The van der Waals surface area contributed by atoms with E-state index in [0.717, 1.165) is 27.1 Å². The zero-order valence-electron chi connectivity index (χ0n) is 16.1. The summed E-state index contributed by atoms with van der Waals surface area (Å²) in [5.41, 5.74) is 0.921. The molecule has 0 aliphatic heterocycles. The first-order chi connectivity index (χ1) is 14.1. The maximum atomic E-state index is 13.4. The van der Waals surface area contributed by atoms with Gasteiger partial charge in [-0.05, 0) is 30.0 Å². The van der Waals surface area contributed by atoms with Crippen molar-refractivity contribution in [2.45, 2.75) is 6.54 Å². The molecular weight excluding hydrogens is 366 g/mol. The minimum Gasteiger partial charge on any atom is -0.395 e. The second kappa shape index (κ2) is 6.69. The van der Waals surface area contributed by atoms with Crippen molar-refractivity contribution in [2.24, 2.45) is 0 Å². The zero-order chi connectivity index (χ0) is 20.1. The van der Waals surface area contributed by atoms with E-state index in [9.17, 15) is 9.59 Å². The van der Waals surface area contributed by atoms with E-state index in [0.29, 0.717) is 24.0 Å². The Balaban J connectivity index is 1.88. The number of rotatable bonds is 5. The van der Waals surface area contributed by atoms with Gasteiger partial charge in [0, 0.05) is 30.4 Å². The number of para-hydroxylation sites is 1. The largest absolute Gasteiger partial charge is 0.395 e. The molecule has 0 aliphatic carbocycles. The van der Waals surface area contributed by atoms with Crippen LogP contribution >= 0.6 is 0 Å². The lowest BCUT2D eigenvalue weighted by Gasteiger charge is -2.16. The van der Waals surface area contributed by atoms with E-state index in [1.54, 1.807) is 10.5 Å². The third-order valence-corrected chi connectivity index (χ3v) is 5.76. The van der Waals surface area contributed by atoms with Crippen LogP contribution in [0.25, 0.3) is 38.0 Å². The molecule has 2 heterocycles. The van der Waals surface area contributed by atoms with Crippen molar-refractivity contribution in [2.75, 3.05) is 26.7 Å². The summed E-state index contributed by atoms with van der Waals surface area (Å²) in [6, 6.07) is 17.7. The van der Waals surface area contributed by atoms with E-state index in [1.165, 1.54) is 4.57 Å². The van der Waals surface area contributed by atoms with E-state index in [2.05, 4.69) is 12.1 Å². The topological polar surface area (TPSA) is 66.9 Å². The first-order valence-corrected chi connectivity index (χ1v) is 9.72. The highest BCUT2D eigenvalue weighted by Crippen LogP contribution is 2.34. The molecule has 3 aromatic carbocycles. The van der Waals surface area contributed by atoms with Crippen LogP contribution in [0.15, 0.2) is 64.2 Å². The normalized spacial score (nSPS) is 12.2. The molecule has 0 radical (unpaired) electrons. The summed E-state index contributed by atoms with van der Waals surface area (Å²) >= 11 is 0. The SMILES string of the molecule is CN(CCO)CCn1c(=O)c2cccc3c4c5ccccc5ccc4n(c1=O)c23. The van der Waals surface area contributed by atoms with Crippen molar-refractivity contribution in [3.63, 3.8) is 0 Å². The Labute approximate surface area is 166 Å². The average molecular weight is 387 g/mol. The van der Waals surface area contributed by atoms with Crippen LogP contribution in [-0.4, -0.2) is 45.7 Å². The van der Waals surface area contributed by atoms with E-state index < -0.39 is 0 Å². The van der Waals surface area contributed by atoms with Gasteiger partial charge in [0.2, 0.25) is 0 Å². The molecule has 0 aliphatic rings. The van der Waals surface area contributed by atoms with Crippen molar-refractivity contribution in [1.29, 1.82) is 0 Å². The Hall–Kier alpha value is -3.22. The average Bonchev–Trinajstić information content (AvgIpc) is 3.08. The van der Waals surface area contributed by atoms with Gasteiger partial charge in [-0.25, -0.2) is 4.79 Å². The quantitative estimate of drug-likeness (QED) is 0.502. The van der Waals surface area contributed by atoms with Gasteiger partial charge in [-0.15, -0.1) is 0 Å². The summed E-state index contributed by atoms with van der Waals surface area (Å²) in [4.78, 5) is 28.4. The van der Waals surface area contributed by atoms with Crippen molar-refractivity contribution < 1.29 is 5.11 Å². The van der Waals surface area contributed by atoms with E-state index >= 15 is 0 Å². The van der Waals surface area contributed by atoms with Gasteiger partial charge in [-0.1, -0.05) is 42.5 Å². The summed E-state index contributed by atoms with van der Waals surface area (Å²) in [7, 11) is 1.86. The second-order valence-corrected chi connectivity index (χ2v) is 7.48. The molecule has 6 nitrogen and oxygen atoms in total. The van der Waals surface area contributed by atoms with E-state index in [-0.39, 0.29) is 24.4 Å². The van der Waals surface area contributed by atoms with Crippen LogP contribution in [-0.2, 0) is 6.54 Å². The molecule has 2 aromatic heterocycles. The zero-order valence-corrected chi connectivity index (χ0v) is 16.1. The predicted molar refractivity (Wildman–Crippen MR) is 116 cm³/mol. The first-order valence-electron chi connectivity index (χ1n) is 9.72. The number of likely N-dealkylation sites (N-methyl/N-ethyl adjacent to an activating group) is 1. The molecule has 6 heteroatoms. The van der Waals surface area contributed by atoms with E-state index in [1.807, 2.05) is 48.3 Å². The van der Waals surface area contributed by atoms with Crippen molar-refractivity contribution in [1.82, 2.24) is 13.9 Å². The molecular formula is C23H21N3O3. The predicted octanol–water partition coefficient (Wildman–Crippen LogP) is 2.28. The number of aromatic nitrogens is 2. The van der Waals surface area contributed by atoms with Gasteiger partial charge < -0.3 is 10.0 Å². The van der Waals surface area contributed by atoms with Gasteiger partial charge in [0.25, 0.3) is 5.56 Å². The Morgan fingerprint density at radius 3 is 2.48 bits per heavy atom. The molecule has 146 valence electrons. The monoisotopic (exact) mass is 387 g/mol. The van der Waals surface area contributed by atoms with Crippen LogP contribution in [0, 0.1) is 0 Å². The minimum atomic E-state index is -0.318. The van der Waals surface area contributed by atoms with Crippen LogP contribution in [0.4, 0.5) is 0 Å². The fraction of sp³-hybridized carbons (Fsp3) is 0.217. The molecule has 5 rings (SSSR count). The maximum absolute atomic E-state index is 13.4. The Morgan fingerprint density at radius 1 is 0.897 bits per heavy atom. The molecule has 0 fully saturated rings. The molecule has 29 heavy (non-hydrogen) atoms. The van der Waals surface area contributed by atoms with Gasteiger partial charge in [-0.3, -0.25) is 13.8 Å². The fourth-order valence-electron chi connectivity index (χ4n) is 4.31. The lowest BCUT2D eigenvalue weighted by molar-refractivity contribution is 0.216. The molecule has 0 spiro atoms. The highest BCUT2D eigenvalue weighted by molar-refractivity contribution is 6.23. The van der Waals surface area contributed by atoms with Gasteiger partial charge in [0.05, 0.1) is 23.0 Å². The van der Waals surface area contributed by atoms with Crippen LogP contribution in [0.2, 0.25) is 0 Å². The van der Waals surface area contributed by atoms with Crippen molar-refractivity contribution >= 4 is 38.0 Å². The number of nitrogens with zero attached hydrogens (tertiary/aromatic N) is 3. The summed E-state index contributed by atoms with van der Waals surface area (Å²) in [5.74, 6) is 0. The molecule has 0 amide bonds. The van der Waals surface area contributed by atoms with Crippen LogP contribution in [0.1, 0.15) is 0 Å². The molecule has 0 saturated carbocycles. The number of hydrogen-bond donors (Lipinski definition) is 1.